The number of aromatic carboxylic acids is 1. The molecule has 80 valence electrons. The van der Waals surface area contributed by atoms with Crippen molar-refractivity contribution in [3.8, 4) is 0 Å². The zero-order valence-electron chi connectivity index (χ0n) is 8.65. The molecule has 3 N–H and O–H groups in total. The van der Waals surface area contributed by atoms with Crippen LogP contribution in [0.1, 0.15) is 34.5 Å². The molecule has 1 aromatic rings. The molecule has 1 unspecified atom stereocenters. The van der Waals surface area contributed by atoms with Crippen molar-refractivity contribution in [2.24, 2.45) is 5.73 Å². The SMILES string of the molecule is CC(=O)C(N)c1ccc(C(=O)O)c(C)c1. The molecule has 1 aromatic carbocycles. The Morgan fingerprint density at radius 3 is 2.40 bits per heavy atom. The first kappa shape index (κ1) is 11.4. The molecule has 0 heterocycles. The van der Waals surface area contributed by atoms with Gasteiger partial charge in [0.1, 0.15) is 0 Å². The van der Waals surface area contributed by atoms with Gasteiger partial charge in [0.15, 0.2) is 5.78 Å². The number of carbonyl (C=O) groups is 2. The van der Waals surface area contributed by atoms with E-state index in [2.05, 4.69) is 0 Å². The van der Waals surface area contributed by atoms with Crippen LogP contribution in [0.15, 0.2) is 18.2 Å². The van der Waals surface area contributed by atoms with Crippen LogP contribution in [0.2, 0.25) is 0 Å². The summed E-state index contributed by atoms with van der Waals surface area (Å²) in [7, 11) is 0. The summed E-state index contributed by atoms with van der Waals surface area (Å²) in [6.07, 6.45) is 0. The lowest BCUT2D eigenvalue weighted by Crippen LogP contribution is -2.18. The number of aryl methyl sites for hydroxylation is 1. The summed E-state index contributed by atoms with van der Waals surface area (Å²) >= 11 is 0. The van der Waals surface area contributed by atoms with Gasteiger partial charge < -0.3 is 10.8 Å². The summed E-state index contributed by atoms with van der Waals surface area (Å²) in [6.45, 7) is 3.09. The molecule has 1 atom stereocenters. The van der Waals surface area contributed by atoms with Crippen molar-refractivity contribution >= 4 is 11.8 Å². The Kier molecular flexibility index (Phi) is 3.21. The van der Waals surface area contributed by atoms with Gasteiger partial charge in [0, 0.05) is 0 Å². The number of nitrogens with two attached hydrogens (primary N) is 1. The number of hydrogen-bond donors (Lipinski definition) is 2. The molecular weight excluding hydrogens is 194 g/mol. The summed E-state index contributed by atoms with van der Waals surface area (Å²) in [5.41, 5.74) is 7.12. The minimum Gasteiger partial charge on any atom is -0.478 e. The van der Waals surface area contributed by atoms with Crippen LogP contribution in [0.25, 0.3) is 0 Å². The summed E-state index contributed by atoms with van der Waals surface area (Å²) in [5.74, 6) is -1.12. The number of rotatable bonds is 3. The van der Waals surface area contributed by atoms with Crippen LogP contribution in [0, 0.1) is 6.92 Å². The van der Waals surface area contributed by atoms with Crippen molar-refractivity contribution in [1.82, 2.24) is 0 Å². The predicted octanol–water partition coefficient (Wildman–Crippen LogP) is 1.28. The quantitative estimate of drug-likeness (QED) is 0.782. The molecule has 0 radical (unpaired) electrons. The van der Waals surface area contributed by atoms with Crippen molar-refractivity contribution in [1.29, 1.82) is 0 Å². The molecule has 0 fully saturated rings. The molecule has 0 saturated carbocycles. The Bertz CT molecular complexity index is 412. The van der Waals surface area contributed by atoms with Crippen LogP contribution in [0.4, 0.5) is 0 Å². The molecule has 15 heavy (non-hydrogen) atoms. The standard InChI is InChI=1S/C11H13NO3/c1-6-5-8(10(12)7(2)13)3-4-9(6)11(14)15/h3-5,10H,12H2,1-2H3,(H,14,15). The monoisotopic (exact) mass is 207 g/mol. The van der Waals surface area contributed by atoms with Crippen molar-refractivity contribution in [2.45, 2.75) is 19.9 Å². The van der Waals surface area contributed by atoms with E-state index in [-0.39, 0.29) is 11.3 Å². The zero-order chi connectivity index (χ0) is 11.6. The van der Waals surface area contributed by atoms with E-state index in [0.29, 0.717) is 11.1 Å². The highest BCUT2D eigenvalue weighted by Crippen LogP contribution is 2.16. The van der Waals surface area contributed by atoms with Gasteiger partial charge >= 0.3 is 5.97 Å². The first-order chi connectivity index (χ1) is 6.93. The molecule has 0 bridgehead atoms. The minimum absolute atomic E-state index is 0.141. The van der Waals surface area contributed by atoms with Gasteiger partial charge in [0.25, 0.3) is 0 Å². The fourth-order valence-electron chi connectivity index (χ4n) is 1.35. The number of carbonyl (C=O) groups excluding carboxylic acids is 1. The van der Waals surface area contributed by atoms with Gasteiger partial charge in [-0.25, -0.2) is 4.79 Å². The molecule has 0 spiro atoms. The van der Waals surface area contributed by atoms with E-state index in [1.165, 1.54) is 13.0 Å². The van der Waals surface area contributed by atoms with Crippen LogP contribution in [0.3, 0.4) is 0 Å². The number of carboxylic acids is 1. The Balaban J connectivity index is 3.12. The van der Waals surface area contributed by atoms with Gasteiger partial charge in [-0.05, 0) is 31.0 Å². The van der Waals surface area contributed by atoms with Crippen LogP contribution in [0.5, 0.6) is 0 Å². The van der Waals surface area contributed by atoms with Crippen LogP contribution in [-0.2, 0) is 4.79 Å². The third-order valence-electron chi connectivity index (χ3n) is 2.28. The van der Waals surface area contributed by atoms with Crippen LogP contribution < -0.4 is 5.73 Å². The Labute approximate surface area is 87.7 Å². The zero-order valence-corrected chi connectivity index (χ0v) is 8.65. The van der Waals surface area contributed by atoms with Crippen LogP contribution >= 0.6 is 0 Å². The second-order valence-electron chi connectivity index (χ2n) is 3.47. The van der Waals surface area contributed by atoms with Gasteiger partial charge in [0.2, 0.25) is 0 Å². The van der Waals surface area contributed by atoms with E-state index in [1.807, 2.05) is 0 Å². The topological polar surface area (TPSA) is 80.4 Å². The lowest BCUT2D eigenvalue weighted by molar-refractivity contribution is -0.118. The number of hydrogen-bond acceptors (Lipinski definition) is 3. The van der Waals surface area contributed by atoms with Gasteiger partial charge in [-0.3, -0.25) is 4.79 Å². The maximum Gasteiger partial charge on any atom is 0.335 e. The van der Waals surface area contributed by atoms with Crippen molar-refractivity contribution < 1.29 is 14.7 Å². The average molecular weight is 207 g/mol. The van der Waals surface area contributed by atoms with E-state index in [9.17, 15) is 9.59 Å². The summed E-state index contributed by atoms with van der Waals surface area (Å²) in [4.78, 5) is 21.8. The summed E-state index contributed by atoms with van der Waals surface area (Å²) < 4.78 is 0. The Morgan fingerprint density at radius 1 is 1.40 bits per heavy atom. The van der Waals surface area contributed by atoms with Crippen molar-refractivity contribution in [3.63, 3.8) is 0 Å². The van der Waals surface area contributed by atoms with E-state index in [1.54, 1.807) is 19.1 Å². The number of benzene rings is 1. The highest BCUT2D eigenvalue weighted by atomic mass is 16.4. The average Bonchev–Trinajstić information content (AvgIpc) is 2.15. The first-order valence-corrected chi connectivity index (χ1v) is 4.53. The molecule has 0 aliphatic carbocycles. The van der Waals surface area contributed by atoms with Crippen molar-refractivity contribution in [2.75, 3.05) is 0 Å². The Morgan fingerprint density at radius 2 is 2.00 bits per heavy atom. The van der Waals surface area contributed by atoms with Gasteiger partial charge in [-0.2, -0.15) is 0 Å². The normalized spacial score (nSPS) is 12.2. The number of carboxylic acid groups (broad SMARTS) is 1. The third-order valence-corrected chi connectivity index (χ3v) is 2.28. The first-order valence-electron chi connectivity index (χ1n) is 4.53. The van der Waals surface area contributed by atoms with Gasteiger partial charge in [-0.15, -0.1) is 0 Å². The van der Waals surface area contributed by atoms with Gasteiger partial charge in [-0.1, -0.05) is 12.1 Å². The molecule has 0 saturated heterocycles. The molecule has 0 aliphatic heterocycles. The number of Topliss-reactive ketones (excluding diaryl/α,β-unsaturated/α-hetero) is 1. The van der Waals surface area contributed by atoms with Crippen molar-refractivity contribution in [3.05, 3.63) is 34.9 Å². The van der Waals surface area contributed by atoms with Crippen LogP contribution in [-0.4, -0.2) is 16.9 Å². The second-order valence-corrected chi connectivity index (χ2v) is 3.47. The van der Waals surface area contributed by atoms with E-state index in [0.717, 1.165) is 0 Å². The molecule has 1 rings (SSSR count). The summed E-state index contributed by atoms with van der Waals surface area (Å²) in [5, 5.41) is 8.81. The molecule has 0 amide bonds. The third kappa shape index (κ3) is 2.41. The fraction of sp³-hybridized carbons (Fsp3) is 0.273. The molecule has 0 aromatic heterocycles. The van der Waals surface area contributed by atoms with Gasteiger partial charge in [0.05, 0.1) is 11.6 Å². The summed E-state index contributed by atoms with van der Waals surface area (Å²) in [6, 6.07) is 4.00. The lowest BCUT2D eigenvalue weighted by Gasteiger charge is -2.10. The van der Waals surface area contributed by atoms with E-state index >= 15 is 0 Å². The molecule has 0 aliphatic rings. The molecule has 4 heteroatoms. The lowest BCUT2D eigenvalue weighted by atomic mass is 9.99. The molecular formula is C11H13NO3. The van der Waals surface area contributed by atoms with E-state index in [4.69, 9.17) is 10.8 Å². The smallest absolute Gasteiger partial charge is 0.335 e. The predicted molar refractivity (Wildman–Crippen MR) is 55.7 cm³/mol. The number of ketones is 1. The largest absolute Gasteiger partial charge is 0.478 e. The minimum atomic E-state index is -0.976. The Hall–Kier alpha value is -1.68. The highest BCUT2D eigenvalue weighted by molar-refractivity contribution is 5.90. The maximum absolute atomic E-state index is 11.0. The fourth-order valence-corrected chi connectivity index (χ4v) is 1.35. The van der Waals surface area contributed by atoms with E-state index < -0.39 is 12.0 Å². The maximum atomic E-state index is 11.0. The second kappa shape index (κ2) is 4.23. The molecule has 4 nitrogen and oxygen atoms in total. The highest BCUT2D eigenvalue weighted by Gasteiger charge is 2.13.